The minimum absolute atomic E-state index is 0.0400. The molecule has 2 nitrogen and oxygen atoms in total. The number of hydrogen-bond donors (Lipinski definition) is 1. The Morgan fingerprint density at radius 3 is 2.58 bits per heavy atom. The summed E-state index contributed by atoms with van der Waals surface area (Å²) in [6.07, 6.45) is 1.85. The van der Waals surface area contributed by atoms with Crippen LogP contribution in [0.1, 0.15) is 43.9 Å². The molecule has 0 radical (unpaired) electrons. The van der Waals surface area contributed by atoms with Crippen LogP contribution in [0, 0.1) is 18.6 Å². The number of rotatable bonds is 4. The molecule has 1 N–H and O–H groups in total. The van der Waals surface area contributed by atoms with Crippen molar-refractivity contribution in [2.24, 2.45) is 0 Å². The van der Waals surface area contributed by atoms with Gasteiger partial charge in [0, 0.05) is 24.3 Å². The lowest BCUT2D eigenvalue weighted by Crippen LogP contribution is -2.36. The first-order valence-electron chi connectivity index (χ1n) is 6.82. The van der Waals surface area contributed by atoms with E-state index in [0.29, 0.717) is 17.7 Å². The number of ether oxygens (including phenoxy) is 1. The highest BCUT2D eigenvalue weighted by atomic mass is 19.1. The van der Waals surface area contributed by atoms with E-state index in [2.05, 4.69) is 5.32 Å². The van der Waals surface area contributed by atoms with Gasteiger partial charge in [-0.25, -0.2) is 8.78 Å². The van der Waals surface area contributed by atoms with Crippen molar-refractivity contribution in [2.45, 2.75) is 51.8 Å². The lowest BCUT2D eigenvalue weighted by atomic mass is 9.96. The minimum atomic E-state index is -0.503. The maximum absolute atomic E-state index is 14.0. The number of benzene rings is 1. The molecule has 4 heteroatoms. The Bertz CT molecular complexity index is 442. The third kappa shape index (κ3) is 3.31. The van der Waals surface area contributed by atoms with E-state index in [-0.39, 0.29) is 18.2 Å². The summed E-state index contributed by atoms with van der Waals surface area (Å²) >= 11 is 0. The Labute approximate surface area is 113 Å². The maximum atomic E-state index is 14.0. The van der Waals surface area contributed by atoms with Crippen LogP contribution in [-0.4, -0.2) is 18.8 Å². The molecular weight excluding hydrogens is 248 g/mol. The summed E-state index contributed by atoms with van der Waals surface area (Å²) in [6.45, 7) is 6.38. The summed E-state index contributed by atoms with van der Waals surface area (Å²) in [6, 6.07) is 2.54. The molecule has 0 amide bonds. The predicted molar refractivity (Wildman–Crippen MR) is 71.1 cm³/mol. The molecule has 1 aromatic carbocycles. The molecular formula is C15H21F2NO. The van der Waals surface area contributed by atoms with Crippen LogP contribution in [0.4, 0.5) is 8.78 Å². The molecule has 1 aliphatic rings. The van der Waals surface area contributed by atoms with Gasteiger partial charge < -0.3 is 10.1 Å². The lowest BCUT2D eigenvalue weighted by molar-refractivity contribution is 0.0741. The largest absolute Gasteiger partial charge is 0.376 e. The van der Waals surface area contributed by atoms with Crippen molar-refractivity contribution >= 4 is 0 Å². The molecule has 2 unspecified atom stereocenters. The highest BCUT2D eigenvalue weighted by Gasteiger charge is 2.30. The van der Waals surface area contributed by atoms with Gasteiger partial charge in [-0.2, -0.15) is 0 Å². The molecule has 19 heavy (non-hydrogen) atoms. The van der Waals surface area contributed by atoms with E-state index < -0.39 is 11.6 Å². The summed E-state index contributed by atoms with van der Waals surface area (Å²) in [4.78, 5) is 0. The number of hydrogen-bond acceptors (Lipinski definition) is 2. The summed E-state index contributed by atoms with van der Waals surface area (Å²) in [7, 11) is 0. The molecule has 1 fully saturated rings. The smallest absolute Gasteiger partial charge is 0.131 e. The predicted octanol–water partition coefficient (Wildman–Crippen LogP) is 3.49. The minimum Gasteiger partial charge on any atom is -0.376 e. The van der Waals surface area contributed by atoms with Crippen LogP contribution in [0.3, 0.4) is 0 Å². The van der Waals surface area contributed by atoms with Crippen LogP contribution in [0.15, 0.2) is 12.1 Å². The Balaban J connectivity index is 2.33. The second-order valence-corrected chi connectivity index (χ2v) is 5.47. The Kier molecular flexibility index (Phi) is 4.53. The molecule has 1 aliphatic heterocycles. The van der Waals surface area contributed by atoms with Crippen molar-refractivity contribution in [2.75, 3.05) is 6.61 Å². The molecule has 0 spiro atoms. The van der Waals surface area contributed by atoms with E-state index in [9.17, 15) is 8.78 Å². The SMILES string of the molecule is Cc1cc(C(NC(C)C)C2CCCO2)c(F)cc1F. The fraction of sp³-hybridized carbons (Fsp3) is 0.600. The van der Waals surface area contributed by atoms with Crippen molar-refractivity contribution in [3.8, 4) is 0 Å². The third-order valence-corrected chi connectivity index (χ3v) is 3.46. The normalized spacial score (nSPS) is 21.1. The molecule has 106 valence electrons. The Morgan fingerprint density at radius 1 is 1.26 bits per heavy atom. The average Bonchev–Trinajstić information content (AvgIpc) is 2.84. The molecule has 1 saturated heterocycles. The summed E-state index contributed by atoms with van der Waals surface area (Å²) in [5.41, 5.74) is 0.962. The van der Waals surface area contributed by atoms with Crippen LogP contribution >= 0.6 is 0 Å². The van der Waals surface area contributed by atoms with Crippen molar-refractivity contribution in [3.63, 3.8) is 0 Å². The van der Waals surface area contributed by atoms with Crippen LogP contribution in [0.25, 0.3) is 0 Å². The first-order chi connectivity index (χ1) is 8.99. The summed E-state index contributed by atoms with van der Waals surface area (Å²) < 4.78 is 33.1. The van der Waals surface area contributed by atoms with Gasteiger partial charge in [-0.1, -0.05) is 13.8 Å². The second-order valence-electron chi connectivity index (χ2n) is 5.47. The first-order valence-corrected chi connectivity index (χ1v) is 6.82. The Morgan fingerprint density at radius 2 is 2.00 bits per heavy atom. The van der Waals surface area contributed by atoms with Gasteiger partial charge in [-0.3, -0.25) is 0 Å². The molecule has 1 heterocycles. The fourth-order valence-corrected chi connectivity index (χ4v) is 2.54. The van der Waals surface area contributed by atoms with Gasteiger partial charge in [0.25, 0.3) is 0 Å². The van der Waals surface area contributed by atoms with Gasteiger partial charge in [-0.15, -0.1) is 0 Å². The van der Waals surface area contributed by atoms with Gasteiger partial charge >= 0.3 is 0 Å². The summed E-state index contributed by atoms with van der Waals surface area (Å²) in [5, 5.41) is 3.34. The number of aryl methyl sites for hydroxylation is 1. The lowest BCUT2D eigenvalue weighted by Gasteiger charge is -2.27. The van der Waals surface area contributed by atoms with Crippen molar-refractivity contribution in [1.82, 2.24) is 5.32 Å². The third-order valence-electron chi connectivity index (χ3n) is 3.46. The van der Waals surface area contributed by atoms with Crippen LogP contribution in [0.5, 0.6) is 0 Å². The van der Waals surface area contributed by atoms with Gasteiger partial charge in [-0.05, 0) is 31.4 Å². The number of nitrogens with one attached hydrogen (secondary N) is 1. The van der Waals surface area contributed by atoms with Crippen LogP contribution in [-0.2, 0) is 4.74 Å². The van der Waals surface area contributed by atoms with Crippen molar-refractivity contribution < 1.29 is 13.5 Å². The standard InChI is InChI=1S/C15H21F2NO/c1-9(2)18-15(14-5-4-6-19-14)11-7-10(3)12(16)8-13(11)17/h7-9,14-15,18H,4-6H2,1-3H3. The molecule has 0 saturated carbocycles. The Hall–Kier alpha value is -1.00. The molecule has 1 aromatic rings. The topological polar surface area (TPSA) is 21.3 Å². The van der Waals surface area contributed by atoms with E-state index in [4.69, 9.17) is 4.74 Å². The average molecular weight is 269 g/mol. The van der Waals surface area contributed by atoms with Crippen LogP contribution < -0.4 is 5.32 Å². The van der Waals surface area contributed by atoms with E-state index >= 15 is 0 Å². The molecule has 0 aliphatic carbocycles. The van der Waals surface area contributed by atoms with E-state index in [0.717, 1.165) is 18.9 Å². The quantitative estimate of drug-likeness (QED) is 0.903. The van der Waals surface area contributed by atoms with Crippen molar-refractivity contribution in [1.29, 1.82) is 0 Å². The number of halogens is 2. The fourth-order valence-electron chi connectivity index (χ4n) is 2.54. The highest BCUT2D eigenvalue weighted by molar-refractivity contribution is 5.29. The van der Waals surface area contributed by atoms with E-state index in [1.165, 1.54) is 0 Å². The maximum Gasteiger partial charge on any atom is 0.131 e. The molecule has 2 rings (SSSR count). The van der Waals surface area contributed by atoms with Gasteiger partial charge in [0.1, 0.15) is 11.6 Å². The zero-order chi connectivity index (χ0) is 14.0. The zero-order valence-corrected chi connectivity index (χ0v) is 11.7. The van der Waals surface area contributed by atoms with E-state index in [1.54, 1.807) is 13.0 Å². The summed E-state index contributed by atoms with van der Waals surface area (Å²) in [5.74, 6) is -1.01. The molecule has 0 aromatic heterocycles. The first kappa shape index (κ1) is 14.4. The van der Waals surface area contributed by atoms with Crippen LogP contribution in [0.2, 0.25) is 0 Å². The van der Waals surface area contributed by atoms with Crippen molar-refractivity contribution in [3.05, 3.63) is 34.9 Å². The monoisotopic (exact) mass is 269 g/mol. The van der Waals surface area contributed by atoms with E-state index in [1.807, 2.05) is 13.8 Å². The molecule has 0 bridgehead atoms. The van der Waals surface area contributed by atoms with Gasteiger partial charge in [0.15, 0.2) is 0 Å². The molecule has 2 atom stereocenters. The van der Waals surface area contributed by atoms with Gasteiger partial charge in [0.05, 0.1) is 12.1 Å². The zero-order valence-electron chi connectivity index (χ0n) is 11.7. The highest BCUT2D eigenvalue weighted by Crippen LogP contribution is 2.30. The second kappa shape index (κ2) is 5.97. The van der Waals surface area contributed by atoms with Gasteiger partial charge in [0.2, 0.25) is 0 Å².